The van der Waals surface area contributed by atoms with Gasteiger partial charge in [0.1, 0.15) is 0 Å². The van der Waals surface area contributed by atoms with Crippen molar-refractivity contribution in [3.05, 3.63) is 95.1 Å². The molecule has 278 valence electrons. The van der Waals surface area contributed by atoms with Crippen molar-refractivity contribution in [2.24, 2.45) is 45.3 Å². The normalized spacial score (nSPS) is 36.9. The Balaban J connectivity index is 1.17. The first kappa shape index (κ1) is 36.2. The second-order valence-electron chi connectivity index (χ2n) is 21.9. The molecule has 0 spiro atoms. The third-order valence-corrected chi connectivity index (χ3v) is 23.8. The molecule has 0 saturated heterocycles. The molecule has 2 heteroatoms. The van der Waals surface area contributed by atoms with E-state index in [1.165, 1.54) is 49.1 Å². The van der Waals surface area contributed by atoms with E-state index in [2.05, 4.69) is 128 Å². The van der Waals surface area contributed by atoms with Gasteiger partial charge < -0.3 is 0 Å². The average Bonchev–Trinajstić information content (AvgIpc) is 3.05. The van der Waals surface area contributed by atoms with E-state index < -0.39 is 7.92 Å². The van der Waals surface area contributed by atoms with Crippen molar-refractivity contribution in [1.29, 1.82) is 0 Å². The molecule has 8 fully saturated rings. The van der Waals surface area contributed by atoms with E-state index in [1.54, 1.807) is 73.1 Å². The highest BCUT2D eigenvalue weighted by atomic mass is 31.1. The van der Waals surface area contributed by atoms with Crippen molar-refractivity contribution in [3.63, 3.8) is 0 Å². The van der Waals surface area contributed by atoms with Crippen LogP contribution in [-0.2, 0) is 12.3 Å². The van der Waals surface area contributed by atoms with Gasteiger partial charge in [-0.25, -0.2) is 0 Å². The molecule has 0 nitrogen and oxygen atoms in total. The summed E-state index contributed by atoms with van der Waals surface area (Å²) in [5, 5.41) is 4.29. The van der Waals surface area contributed by atoms with Gasteiger partial charge in [0.25, 0.3) is 0 Å². The molecule has 3 aromatic rings. The molecule has 8 bridgehead atoms. The molecule has 8 aliphatic rings. The smallest absolute Gasteiger partial charge is 0.00105 e. The summed E-state index contributed by atoms with van der Waals surface area (Å²) < 4.78 is 0. The standard InChI is InChI=1S/C50H68P2/c1-35-15-9-13-19-43(35)51(44-20-14-10-16-36(44)2)31-41-17-11-12-18-42(41)32-52(49-27-37-21-38(28-49)24-47(23-37,33-49)45(3,4)5)50-29-39-22-40(30-50)26-48(25-39,34-50)46(6,7)8/h9-20,37-40H,21-34H2,1-8H3. The fourth-order valence-corrected chi connectivity index (χ4v) is 22.9. The van der Waals surface area contributed by atoms with Crippen LogP contribution in [0.4, 0.5) is 0 Å². The van der Waals surface area contributed by atoms with Crippen LogP contribution in [0.15, 0.2) is 72.8 Å². The van der Waals surface area contributed by atoms with Crippen molar-refractivity contribution in [1.82, 2.24) is 0 Å². The predicted molar refractivity (Wildman–Crippen MR) is 228 cm³/mol. The van der Waals surface area contributed by atoms with Gasteiger partial charge in [-0.2, -0.15) is 0 Å². The first-order chi connectivity index (χ1) is 24.6. The number of benzene rings is 3. The molecular weight excluding hydrogens is 662 g/mol. The molecule has 0 radical (unpaired) electrons. The predicted octanol–water partition coefficient (Wildman–Crippen LogP) is 13.7. The lowest BCUT2D eigenvalue weighted by molar-refractivity contribution is -0.113. The maximum absolute atomic E-state index is 2.64. The lowest BCUT2D eigenvalue weighted by Crippen LogP contribution is -2.63. The van der Waals surface area contributed by atoms with E-state index in [1.807, 2.05) is 0 Å². The molecule has 8 aliphatic carbocycles. The fraction of sp³-hybridized carbons (Fsp3) is 0.640. The maximum Gasteiger partial charge on any atom is 0.00105 e. The SMILES string of the molecule is Cc1ccccc1P(Cc1ccccc1CP(C12CC3CC(C1)CC(C(C)(C)C)(C3)C2)C12CC3CC(C1)CC(C(C)(C)C)(C3)C2)c1ccccc1C. The van der Waals surface area contributed by atoms with Gasteiger partial charge in [0, 0.05) is 6.16 Å². The van der Waals surface area contributed by atoms with Crippen LogP contribution in [0.3, 0.4) is 0 Å². The van der Waals surface area contributed by atoms with Crippen molar-refractivity contribution in [3.8, 4) is 0 Å². The van der Waals surface area contributed by atoms with Crippen molar-refractivity contribution in [2.45, 2.75) is 155 Å². The van der Waals surface area contributed by atoms with Crippen molar-refractivity contribution >= 4 is 26.5 Å². The fourth-order valence-electron chi connectivity index (χ4n) is 14.9. The minimum absolute atomic E-state index is 0.198. The van der Waals surface area contributed by atoms with Crippen LogP contribution < -0.4 is 10.6 Å². The molecule has 0 N–H and O–H groups in total. The Morgan fingerprint density at radius 3 is 1.25 bits per heavy atom. The second kappa shape index (κ2) is 12.5. The van der Waals surface area contributed by atoms with E-state index in [0.717, 1.165) is 23.7 Å². The van der Waals surface area contributed by atoms with Gasteiger partial charge in [0.15, 0.2) is 0 Å². The largest absolute Gasteiger partial charge is 0.0894 e. The highest BCUT2D eigenvalue weighted by Gasteiger charge is 2.69. The van der Waals surface area contributed by atoms with Gasteiger partial charge in [0.05, 0.1) is 0 Å². The molecule has 3 aromatic carbocycles. The second-order valence-corrected chi connectivity index (χ2v) is 27.2. The van der Waals surface area contributed by atoms with Crippen LogP contribution in [0.25, 0.3) is 0 Å². The zero-order chi connectivity index (χ0) is 36.3. The lowest BCUT2D eigenvalue weighted by Gasteiger charge is -2.74. The Hall–Kier alpha value is -1.48. The Morgan fingerprint density at radius 2 is 0.865 bits per heavy atom. The van der Waals surface area contributed by atoms with E-state index in [0.29, 0.717) is 32.0 Å². The molecule has 0 amide bonds. The van der Waals surface area contributed by atoms with Gasteiger partial charge in [-0.3, -0.25) is 0 Å². The van der Waals surface area contributed by atoms with E-state index >= 15 is 0 Å². The first-order valence-corrected chi connectivity index (χ1v) is 24.4. The minimum Gasteiger partial charge on any atom is -0.0894 e. The summed E-state index contributed by atoms with van der Waals surface area (Å²) in [5.41, 5.74) is 8.22. The molecule has 0 heterocycles. The maximum atomic E-state index is 2.64. The van der Waals surface area contributed by atoms with Gasteiger partial charge in [0.2, 0.25) is 0 Å². The number of rotatable bonds is 8. The van der Waals surface area contributed by atoms with Gasteiger partial charge in [-0.05, 0) is 193 Å². The molecular formula is C50H68P2. The molecule has 11 rings (SSSR count). The van der Waals surface area contributed by atoms with Crippen LogP contribution in [-0.4, -0.2) is 10.3 Å². The average molecular weight is 731 g/mol. The molecule has 0 aliphatic heterocycles. The summed E-state index contributed by atoms with van der Waals surface area (Å²) in [6, 6.07) is 28.6. The molecule has 52 heavy (non-hydrogen) atoms. The topological polar surface area (TPSA) is 0 Å². The Labute approximate surface area is 320 Å². The van der Waals surface area contributed by atoms with Crippen molar-refractivity contribution < 1.29 is 0 Å². The van der Waals surface area contributed by atoms with Gasteiger partial charge >= 0.3 is 0 Å². The molecule has 8 saturated carbocycles. The van der Waals surface area contributed by atoms with E-state index in [9.17, 15) is 0 Å². The monoisotopic (exact) mass is 730 g/mol. The minimum atomic E-state index is -0.504. The molecule has 4 atom stereocenters. The van der Waals surface area contributed by atoms with Gasteiger partial charge in [-0.15, -0.1) is 0 Å². The van der Waals surface area contributed by atoms with Crippen LogP contribution in [0.1, 0.15) is 141 Å². The van der Waals surface area contributed by atoms with Crippen LogP contribution in [0.5, 0.6) is 0 Å². The number of aryl methyl sites for hydroxylation is 2. The van der Waals surface area contributed by atoms with Gasteiger partial charge in [-0.1, -0.05) is 122 Å². The van der Waals surface area contributed by atoms with Crippen molar-refractivity contribution in [2.75, 3.05) is 0 Å². The highest BCUT2D eigenvalue weighted by Crippen LogP contribution is 2.84. The summed E-state index contributed by atoms with van der Waals surface area (Å²) in [7, 11) is -0.702. The Kier molecular flexibility index (Phi) is 8.71. The zero-order valence-corrected chi connectivity index (χ0v) is 35.8. The quantitative estimate of drug-likeness (QED) is 0.203. The number of hydrogen-bond donors (Lipinski definition) is 0. The summed E-state index contributed by atoms with van der Waals surface area (Å²) in [6.45, 7) is 20.6. The third-order valence-electron chi connectivity index (χ3n) is 17.0. The summed E-state index contributed by atoms with van der Waals surface area (Å²) in [5.74, 6) is 3.89. The molecule has 0 aromatic heterocycles. The lowest BCUT2D eigenvalue weighted by atomic mass is 9.43. The first-order valence-electron chi connectivity index (χ1n) is 21.4. The Bertz CT molecular complexity index is 1680. The van der Waals surface area contributed by atoms with E-state index in [-0.39, 0.29) is 7.92 Å². The summed E-state index contributed by atoms with van der Waals surface area (Å²) in [6.07, 6.45) is 21.1. The summed E-state index contributed by atoms with van der Waals surface area (Å²) in [4.78, 5) is 0. The zero-order valence-electron chi connectivity index (χ0n) is 34.0. The van der Waals surface area contributed by atoms with E-state index in [4.69, 9.17) is 0 Å². The number of hydrogen-bond acceptors (Lipinski definition) is 0. The summed E-state index contributed by atoms with van der Waals surface area (Å²) >= 11 is 0. The Morgan fingerprint density at radius 1 is 0.500 bits per heavy atom. The third kappa shape index (κ3) is 5.79. The molecule has 4 unspecified atom stereocenters. The van der Waals surface area contributed by atoms with Crippen LogP contribution >= 0.6 is 15.8 Å². The van der Waals surface area contributed by atoms with Crippen LogP contribution in [0, 0.1) is 59.2 Å². The van der Waals surface area contributed by atoms with Crippen LogP contribution in [0.2, 0.25) is 0 Å². The highest BCUT2D eigenvalue weighted by molar-refractivity contribution is 7.72.